The van der Waals surface area contributed by atoms with Crippen LogP contribution in [-0.4, -0.2) is 41.8 Å². The van der Waals surface area contributed by atoms with Crippen LogP contribution in [0.1, 0.15) is 18.1 Å². The van der Waals surface area contributed by atoms with Crippen molar-refractivity contribution in [2.75, 3.05) is 26.8 Å². The molecule has 0 aromatic carbocycles. The Morgan fingerprint density at radius 2 is 2.31 bits per heavy atom. The van der Waals surface area contributed by atoms with E-state index in [1.807, 2.05) is 14.0 Å². The number of aryl methyl sites for hydroxylation is 1. The van der Waals surface area contributed by atoms with Gasteiger partial charge in [0.15, 0.2) is 5.82 Å². The van der Waals surface area contributed by atoms with Gasteiger partial charge in [-0.3, -0.25) is 4.90 Å². The number of likely N-dealkylation sites (N-methyl/N-ethyl adjacent to an activating group) is 1. The Morgan fingerprint density at radius 3 is 2.94 bits per heavy atom. The fraction of sp³-hybridized carbons (Fsp3) is 0.636. The Balaban J connectivity index is 1.83. The van der Waals surface area contributed by atoms with Gasteiger partial charge < -0.3 is 9.26 Å². The molecule has 16 heavy (non-hydrogen) atoms. The van der Waals surface area contributed by atoms with Crippen molar-refractivity contribution in [3.05, 3.63) is 23.4 Å². The van der Waals surface area contributed by atoms with Gasteiger partial charge in [0.2, 0.25) is 5.89 Å². The van der Waals surface area contributed by atoms with Crippen molar-refractivity contribution in [1.82, 2.24) is 15.0 Å². The van der Waals surface area contributed by atoms with Crippen molar-refractivity contribution in [3.8, 4) is 0 Å². The molecule has 0 saturated heterocycles. The molecular formula is C11H17N3O2. The van der Waals surface area contributed by atoms with Crippen LogP contribution >= 0.6 is 0 Å². The molecule has 0 atom stereocenters. The Hall–Kier alpha value is -1.20. The molecule has 0 radical (unpaired) electrons. The van der Waals surface area contributed by atoms with E-state index in [0.717, 1.165) is 26.2 Å². The summed E-state index contributed by atoms with van der Waals surface area (Å²) in [6, 6.07) is 0. The van der Waals surface area contributed by atoms with Crippen LogP contribution in [0, 0.1) is 6.92 Å². The molecule has 0 fully saturated rings. The van der Waals surface area contributed by atoms with Crippen LogP contribution in [0.4, 0.5) is 0 Å². The molecule has 0 spiro atoms. The van der Waals surface area contributed by atoms with Crippen LogP contribution in [-0.2, 0) is 11.3 Å². The van der Waals surface area contributed by atoms with Gasteiger partial charge in [0.1, 0.15) is 0 Å². The Kier molecular flexibility index (Phi) is 3.69. The zero-order chi connectivity index (χ0) is 11.4. The van der Waals surface area contributed by atoms with Gasteiger partial charge in [-0.2, -0.15) is 4.98 Å². The zero-order valence-corrected chi connectivity index (χ0v) is 9.77. The number of nitrogens with zero attached hydrogens (tertiary/aromatic N) is 3. The monoisotopic (exact) mass is 223 g/mol. The third-order valence-corrected chi connectivity index (χ3v) is 2.43. The molecule has 0 amide bonds. The predicted molar refractivity (Wildman–Crippen MR) is 58.9 cm³/mol. The molecule has 5 nitrogen and oxygen atoms in total. The molecule has 0 bridgehead atoms. The summed E-state index contributed by atoms with van der Waals surface area (Å²) in [5, 5.41) is 3.76. The van der Waals surface area contributed by atoms with Gasteiger partial charge >= 0.3 is 0 Å². The second-order valence-corrected chi connectivity index (χ2v) is 4.11. The van der Waals surface area contributed by atoms with Gasteiger partial charge in [-0.1, -0.05) is 11.2 Å². The standard InChI is InChI=1S/C11H17N3O2/c1-9-12-11(16-13-9)7-14(2)6-10-4-3-5-15-8-10/h4H,3,5-8H2,1-2H3. The van der Waals surface area contributed by atoms with Crippen molar-refractivity contribution in [3.63, 3.8) is 0 Å². The van der Waals surface area contributed by atoms with Gasteiger partial charge in [-0.15, -0.1) is 0 Å². The van der Waals surface area contributed by atoms with Gasteiger partial charge in [0, 0.05) is 6.54 Å². The Bertz CT molecular complexity index is 373. The van der Waals surface area contributed by atoms with Crippen LogP contribution in [0.5, 0.6) is 0 Å². The fourth-order valence-electron chi connectivity index (χ4n) is 1.76. The first-order chi connectivity index (χ1) is 7.74. The minimum atomic E-state index is 0.664. The summed E-state index contributed by atoms with van der Waals surface area (Å²) in [5.74, 6) is 1.35. The highest BCUT2D eigenvalue weighted by Crippen LogP contribution is 2.08. The summed E-state index contributed by atoms with van der Waals surface area (Å²) in [4.78, 5) is 6.32. The Morgan fingerprint density at radius 1 is 1.44 bits per heavy atom. The lowest BCUT2D eigenvalue weighted by Crippen LogP contribution is -2.24. The summed E-state index contributed by atoms with van der Waals surface area (Å²) < 4.78 is 10.5. The highest BCUT2D eigenvalue weighted by atomic mass is 16.5. The summed E-state index contributed by atoms with van der Waals surface area (Å²) in [7, 11) is 2.04. The highest BCUT2D eigenvalue weighted by Gasteiger charge is 2.10. The predicted octanol–water partition coefficient (Wildman–Crippen LogP) is 1.16. The number of ether oxygens (including phenoxy) is 1. The highest BCUT2D eigenvalue weighted by molar-refractivity contribution is 5.07. The smallest absolute Gasteiger partial charge is 0.240 e. The van der Waals surface area contributed by atoms with E-state index in [0.29, 0.717) is 18.3 Å². The molecule has 0 saturated carbocycles. The van der Waals surface area contributed by atoms with Gasteiger partial charge in [-0.25, -0.2) is 0 Å². The molecule has 1 aliphatic rings. The van der Waals surface area contributed by atoms with Crippen LogP contribution in [0.2, 0.25) is 0 Å². The van der Waals surface area contributed by atoms with Gasteiger partial charge in [-0.05, 0) is 26.0 Å². The van der Waals surface area contributed by atoms with Gasteiger partial charge in [0.05, 0.1) is 19.8 Å². The molecular weight excluding hydrogens is 206 g/mol. The lowest BCUT2D eigenvalue weighted by Gasteiger charge is -2.19. The lowest BCUT2D eigenvalue weighted by molar-refractivity contribution is 0.142. The van der Waals surface area contributed by atoms with E-state index >= 15 is 0 Å². The molecule has 88 valence electrons. The minimum absolute atomic E-state index is 0.664. The molecule has 5 heteroatoms. The van der Waals surface area contributed by atoms with Gasteiger partial charge in [0.25, 0.3) is 0 Å². The van der Waals surface area contributed by atoms with E-state index in [4.69, 9.17) is 9.26 Å². The number of rotatable bonds is 4. The van der Waals surface area contributed by atoms with E-state index in [1.165, 1.54) is 5.57 Å². The maximum Gasteiger partial charge on any atom is 0.240 e. The van der Waals surface area contributed by atoms with E-state index < -0.39 is 0 Å². The molecule has 0 aliphatic carbocycles. The lowest BCUT2D eigenvalue weighted by atomic mass is 10.2. The molecule has 1 aliphatic heterocycles. The topological polar surface area (TPSA) is 51.4 Å². The minimum Gasteiger partial charge on any atom is -0.377 e. The van der Waals surface area contributed by atoms with Crippen LogP contribution in [0.15, 0.2) is 16.2 Å². The molecule has 2 heterocycles. The number of hydrogen-bond acceptors (Lipinski definition) is 5. The molecule has 0 unspecified atom stereocenters. The second-order valence-electron chi connectivity index (χ2n) is 4.11. The maximum absolute atomic E-state index is 5.39. The Labute approximate surface area is 95.1 Å². The van der Waals surface area contributed by atoms with Crippen LogP contribution in [0.25, 0.3) is 0 Å². The summed E-state index contributed by atoms with van der Waals surface area (Å²) in [6.45, 7) is 4.98. The molecule has 0 N–H and O–H groups in total. The van der Waals surface area contributed by atoms with E-state index in [9.17, 15) is 0 Å². The average Bonchev–Trinajstić information content (AvgIpc) is 2.65. The zero-order valence-electron chi connectivity index (χ0n) is 9.77. The molecule has 1 aromatic rings. The van der Waals surface area contributed by atoms with E-state index in [1.54, 1.807) is 0 Å². The van der Waals surface area contributed by atoms with E-state index in [2.05, 4.69) is 21.1 Å². The van der Waals surface area contributed by atoms with Crippen molar-refractivity contribution < 1.29 is 9.26 Å². The second kappa shape index (κ2) is 5.23. The fourth-order valence-corrected chi connectivity index (χ4v) is 1.76. The first-order valence-corrected chi connectivity index (χ1v) is 5.47. The molecule has 1 aromatic heterocycles. The summed E-state index contributed by atoms with van der Waals surface area (Å²) in [6.07, 6.45) is 3.27. The van der Waals surface area contributed by atoms with Crippen molar-refractivity contribution in [2.24, 2.45) is 0 Å². The first kappa shape index (κ1) is 11.3. The quantitative estimate of drug-likeness (QED) is 0.717. The van der Waals surface area contributed by atoms with Crippen molar-refractivity contribution in [2.45, 2.75) is 19.9 Å². The first-order valence-electron chi connectivity index (χ1n) is 5.47. The average molecular weight is 223 g/mol. The summed E-state index contributed by atoms with van der Waals surface area (Å²) >= 11 is 0. The largest absolute Gasteiger partial charge is 0.377 e. The number of hydrogen-bond donors (Lipinski definition) is 0. The van der Waals surface area contributed by atoms with Crippen molar-refractivity contribution >= 4 is 0 Å². The van der Waals surface area contributed by atoms with Crippen LogP contribution in [0.3, 0.4) is 0 Å². The third-order valence-electron chi connectivity index (χ3n) is 2.43. The third kappa shape index (κ3) is 3.15. The molecule has 2 rings (SSSR count). The normalized spacial score (nSPS) is 16.6. The van der Waals surface area contributed by atoms with Crippen LogP contribution < -0.4 is 0 Å². The maximum atomic E-state index is 5.39. The van der Waals surface area contributed by atoms with Crippen molar-refractivity contribution in [1.29, 1.82) is 0 Å². The SMILES string of the molecule is Cc1noc(CN(C)CC2=CCCOC2)n1. The van der Waals surface area contributed by atoms with E-state index in [-0.39, 0.29) is 0 Å². The number of aromatic nitrogens is 2. The summed E-state index contributed by atoms with van der Waals surface area (Å²) in [5.41, 5.74) is 1.32.